The average Bonchev–Trinajstić information content (AvgIpc) is 3.29. The average molecular weight is 803 g/mol. The number of aryl methyl sites for hydroxylation is 6. The summed E-state index contributed by atoms with van der Waals surface area (Å²) < 4.78 is 0. The highest BCUT2D eigenvalue weighted by Crippen LogP contribution is 2.43. The van der Waals surface area contributed by atoms with Crippen LogP contribution in [0, 0.1) is 41.5 Å². The van der Waals surface area contributed by atoms with Crippen LogP contribution in [0.1, 0.15) is 56.0 Å². The molecule has 0 bridgehead atoms. The molecule has 0 radical (unpaired) electrons. The summed E-state index contributed by atoms with van der Waals surface area (Å²) in [6.07, 6.45) is 0. The van der Waals surface area contributed by atoms with Gasteiger partial charge in [0.15, 0.2) is 11.6 Å². The number of benzene rings is 8. The van der Waals surface area contributed by atoms with Gasteiger partial charge in [0, 0.05) is 28.4 Å². The summed E-state index contributed by atoms with van der Waals surface area (Å²) in [5.74, 6) is 1.73. The van der Waals surface area contributed by atoms with Crippen LogP contribution in [0.5, 0.6) is 0 Å². The Bertz CT molecular complexity index is 2850. The number of hydrogen-bond donors (Lipinski definition) is 0. The van der Waals surface area contributed by atoms with Crippen molar-refractivity contribution < 1.29 is 0 Å². The summed E-state index contributed by atoms with van der Waals surface area (Å²) in [5.41, 5.74) is 19.8. The molecule has 0 amide bonds. The molecule has 4 nitrogen and oxygen atoms in total. The lowest BCUT2D eigenvalue weighted by Crippen LogP contribution is -2.16. The van der Waals surface area contributed by atoms with E-state index in [1.807, 2.05) is 18.2 Å². The van der Waals surface area contributed by atoms with E-state index in [0.29, 0.717) is 17.6 Å². The largest absolute Gasteiger partial charge is 0.279 e. The van der Waals surface area contributed by atoms with Crippen LogP contribution in [0.3, 0.4) is 0 Å². The quantitative estimate of drug-likeness (QED) is 0.129. The molecule has 0 atom stereocenters. The predicted octanol–water partition coefficient (Wildman–Crippen LogP) is 15.0. The fraction of sp³-hybridized carbons (Fsp3) is 0.121. The smallest absolute Gasteiger partial charge is 0.238 e. The zero-order valence-corrected chi connectivity index (χ0v) is 36.3. The Labute approximate surface area is 366 Å². The van der Waals surface area contributed by atoms with Crippen LogP contribution in [0.15, 0.2) is 188 Å². The van der Waals surface area contributed by atoms with Crippen LogP contribution in [-0.2, 0) is 0 Å². The normalized spacial score (nSPS) is 11.2. The molecule has 0 N–H and O–H groups in total. The number of hydrogen-bond acceptors (Lipinski definition) is 4. The summed E-state index contributed by atoms with van der Waals surface area (Å²) in [5, 5.41) is 0. The van der Waals surface area contributed by atoms with Gasteiger partial charge in [-0.05, 0) is 145 Å². The maximum absolute atomic E-state index is 5.42. The highest BCUT2D eigenvalue weighted by Gasteiger charge is 2.27. The van der Waals surface area contributed by atoms with E-state index in [1.165, 1.54) is 50.1 Å². The molecule has 0 aliphatic rings. The Balaban J connectivity index is 1.28. The maximum atomic E-state index is 5.42. The van der Waals surface area contributed by atoms with Crippen molar-refractivity contribution >= 4 is 17.3 Å². The van der Waals surface area contributed by atoms with Gasteiger partial charge in [-0.15, -0.1) is 0 Å². The van der Waals surface area contributed by atoms with Gasteiger partial charge in [0.05, 0.1) is 0 Å². The Morgan fingerprint density at radius 3 is 1.23 bits per heavy atom. The van der Waals surface area contributed by atoms with Crippen molar-refractivity contribution in [3.05, 3.63) is 238 Å². The first-order valence-electron chi connectivity index (χ1n) is 21.4. The standard InChI is InChI=1S/C58H50N4/c1-38-30-40(3)53(41(4)31-38)55(54-42(5)32-39(2)33-43(54)6)47-26-19-29-52(37-47)62(51-27-17-10-18-28-51)58-60-56(46-24-15-9-16-25-46)59-57(61-58)50-35-48(44-20-11-7-12-21-44)34-49(36-50)45-22-13-8-14-23-45/h7-37,55H,1-6H3. The van der Waals surface area contributed by atoms with E-state index in [0.717, 1.165) is 44.8 Å². The summed E-state index contributed by atoms with van der Waals surface area (Å²) in [4.78, 5) is 18.2. The Hall–Kier alpha value is -7.43. The molecule has 0 aliphatic carbocycles. The molecular formula is C58H50N4. The minimum atomic E-state index is -0.000272. The highest BCUT2D eigenvalue weighted by molar-refractivity contribution is 5.81. The second-order valence-electron chi connectivity index (χ2n) is 16.5. The summed E-state index contributed by atoms with van der Waals surface area (Å²) in [6.45, 7) is 13.4. The zero-order valence-electron chi connectivity index (χ0n) is 36.3. The topological polar surface area (TPSA) is 41.9 Å². The molecule has 0 saturated heterocycles. The van der Waals surface area contributed by atoms with Crippen LogP contribution < -0.4 is 4.90 Å². The molecule has 9 aromatic rings. The van der Waals surface area contributed by atoms with Gasteiger partial charge in [-0.1, -0.05) is 157 Å². The number of nitrogens with zero attached hydrogens (tertiary/aromatic N) is 4. The van der Waals surface area contributed by atoms with Gasteiger partial charge in [-0.2, -0.15) is 9.97 Å². The first-order chi connectivity index (χ1) is 30.2. The summed E-state index contributed by atoms with van der Waals surface area (Å²) >= 11 is 0. The van der Waals surface area contributed by atoms with Crippen LogP contribution in [-0.4, -0.2) is 15.0 Å². The van der Waals surface area contributed by atoms with E-state index in [4.69, 9.17) is 15.0 Å². The van der Waals surface area contributed by atoms with Gasteiger partial charge in [-0.3, -0.25) is 4.90 Å². The molecule has 0 spiro atoms. The Kier molecular flexibility index (Phi) is 11.1. The second-order valence-corrected chi connectivity index (χ2v) is 16.5. The highest BCUT2D eigenvalue weighted by atomic mass is 15.3. The van der Waals surface area contributed by atoms with Gasteiger partial charge < -0.3 is 0 Å². The maximum Gasteiger partial charge on any atom is 0.238 e. The van der Waals surface area contributed by atoms with E-state index in [9.17, 15) is 0 Å². The first kappa shape index (κ1) is 40.0. The molecule has 4 heteroatoms. The van der Waals surface area contributed by atoms with Crippen LogP contribution >= 0.6 is 0 Å². The van der Waals surface area contributed by atoms with Crippen molar-refractivity contribution in [1.82, 2.24) is 15.0 Å². The fourth-order valence-corrected chi connectivity index (χ4v) is 9.23. The molecule has 8 aromatic carbocycles. The second kappa shape index (κ2) is 17.3. The van der Waals surface area contributed by atoms with E-state index in [-0.39, 0.29) is 5.92 Å². The van der Waals surface area contributed by atoms with Crippen molar-refractivity contribution in [3.8, 4) is 45.0 Å². The van der Waals surface area contributed by atoms with Gasteiger partial charge in [0.1, 0.15) is 0 Å². The minimum Gasteiger partial charge on any atom is -0.279 e. The van der Waals surface area contributed by atoms with Crippen LogP contribution in [0.2, 0.25) is 0 Å². The van der Waals surface area contributed by atoms with Crippen molar-refractivity contribution in [3.63, 3.8) is 0 Å². The molecule has 0 saturated carbocycles. The van der Waals surface area contributed by atoms with E-state index in [1.54, 1.807) is 0 Å². The van der Waals surface area contributed by atoms with Crippen molar-refractivity contribution in [1.29, 1.82) is 0 Å². The number of aromatic nitrogens is 3. The van der Waals surface area contributed by atoms with E-state index < -0.39 is 0 Å². The van der Waals surface area contributed by atoms with E-state index >= 15 is 0 Å². The van der Waals surface area contributed by atoms with Crippen LogP contribution in [0.4, 0.5) is 17.3 Å². The number of para-hydroxylation sites is 1. The third-order valence-corrected chi connectivity index (χ3v) is 11.8. The molecule has 1 heterocycles. The Morgan fingerprint density at radius 2 is 0.742 bits per heavy atom. The lowest BCUT2D eigenvalue weighted by atomic mass is 9.77. The summed E-state index contributed by atoms with van der Waals surface area (Å²) in [7, 11) is 0. The SMILES string of the molecule is Cc1cc(C)c(C(c2cccc(N(c3ccccc3)c3nc(-c4ccccc4)nc(-c4cc(-c5ccccc5)cc(-c5ccccc5)c4)n3)c2)c2c(C)cc(C)cc2C)c(C)c1. The molecule has 0 unspecified atom stereocenters. The number of rotatable bonds is 10. The fourth-order valence-electron chi connectivity index (χ4n) is 9.23. The monoisotopic (exact) mass is 802 g/mol. The molecule has 1 aromatic heterocycles. The number of anilines is 3. The third-order valence-electron chi connectivity index (χ3n) is 11.8. The van der Waals surface area contributed by atoms with E-state index in [2.05, 4.69) is 216 Å². The van der Waals surface area contributed by atoms with Crippen molar-refractivity contribution in [2.75, 3.05) is 4.90 Å². The first-order valence-corrected chi connectivity index (χ1v) is 21.4. The molecular weight excluding hydrogens is 753 g/mol. The van der Waals surface area contributed by atoms with Crippen LogP contribution in [0.25, 0.3) is 45.0 Å². The summed E-state index contributed by atoms with van der Waals surface area (Å²) in [6, 6.07) is 66.6. The van der Waals surface area contributed by atoms with Gasteiger partial charge >= 0.3 is 0 Å². The van der Waals surface area contributed by atoms with Crippen molar-refractivity contribution in [2.24, 2.45) is 0 Å². The van der Waals surface area contributed by atoms with Crippen molar-refractivity contribution in [2.45, 2.75) is 47.5 Å². The molecule has 302 valence electrons. The molecule has 0 aliphatic heterocycles. The Morgan fingerprint density at radius 1 is 0.339 bits per heavy atom. The third kappa shape index (κ3) is 8.20. The predicted molar refractivity (Wildman–Crippen MR) is 259 cm³/mol. The lowest BCUT2D eigenvalue weighted by molar-refractivity contribution is 0.918. The van der Waals surface area contributed by atoms with Gasteiger partial charge in [-0.25, -0.2) is 4.98 Å². The van der Waals surface area contributed by atoms with Gasteiger partial charge in [0.25, 0.3) is 0 Å². The lowest BCUT2D eigenvalue weighted by Gasteiger charge is -2.29. The molecule has 9 rings (SSSR count). The zero-order chi connectivity index (χ0) is 42.7. The molecule has 62 heavy (non-hydrogen) atoms. The minimum absolute atomic E-state index is 0.000272. The molecule has 0 fully saturated rings. The van der Waals surface area contributed by atoms with Gasteiger partial charge in [0.2, 0.25) is 5.95 Å².